The molecule has 6 nitrogen and oxygen atoms in total. The molecule has 2 saturated heterocycles. The lowest BCUT2D eigenvalue weighted by molar-refractivity contribution is -0.137. The van der Waals surface area contributed by atoms with Crippen molar-refractivity contribution in [2.24, 2.45) is 0 Å². The van der Waals surface area contributed by atoms with Crippen LogP contribution >= 0.6 is 11.3 Å². The fourth-order valence-corrected chi connectivity index (χ4v) is 5.47. The van der Waals surface area contributed by atoms with Crippen LogP contribution in [-0.4, -0.2) is 65.0 Å². The predicted octanol–water partition coefficient (Wildman–Crippen LogP) is 3.25. The normalized spacial score (nSPS) is 22.6. The summed E-state index contributed by atoms with van der Waals surface area (Å²) < 4.78 is 6.87. The highest BCUT2D eigenvalue weighted by Crippen LogP contribution is 2.31. The number of hydrogen-bond donors (Lipinski definition) is 0. The minimum Gasteiger partial charge on any atom is -0.379 e. The second-order valence-electron chi connectivity index (χ2n) is 8.07. The van der Waals surface area contributed by atoms with E-state index in [2.05, 4.69) is 18.0 Å². The van der Waals surface area contributed by atoms with Crippen molar-refractivity contribution in [3.05, 3.63) is 29.3 Å². The molecule has 7 heteroatoms. The highest BCUT2D eigenvalue weighted by Gasteiger charge is 2.46. The van der Waals surface area contributed by atoms with Crippen LogP contribution in [0.4, 0.5) is 0 Å². The number of aryl methyl sites for hydroxylation is 1. The number of aromatic nitrogens is 1. The topological polar surface area (TPSA) is 62.7 Å². The van der Waals surface area contributed by atoms with E-state index in [0.717, 1.165) is 42.8 Å². The maximum atomic E-state index is 13.0. The van der Waals surface area contributed by atoms with Gasteiger partial charge in [0.1, 0.15) is 0 Å². The first kappa shape index (κ1) is 20.3. The molecule has 0 aliphatic carbocycles. The van der Waals surface area contributed by atoms with Gasteiger partial charge in [-0.2, -0.15) is 0 Å². The number of rotatable bonds is 6. The first-order chi connectivity index (χ1) is 14.1. The van der Waals surface area contributed by atoms with Crippen molar-refractivity contribution in [3.8, 4) is 0 Å². The number of para-hydroxylation sites is 1. The molecule has 3 heterocycles. The fourth-order valence-electron chi connectivity index (χ4n) is 4.46. The number of benzene rings is 1. The summed E-state index contributed by atoms with van der Waals surface area (Å²) in [5.41, 5.74) is 0.691. The average Bonchev–Trinajstić information content (AvgIpc) is 3.32. The summed E-state index contributed by atoms with van der Waals surface area (Å²) in [6, 6.07) is 8.14. The van der Waals surface area contributed by atoms with Gasteiger partial charge in [0.2, 0.25) is 11.8 Å². The van der Waals surface area contributed by atoms with Crippen LogP contribution in [0.15, 0.2) is 24.3 Å². The quantitative estimate of drug-likeness (QED) is 0.727. The van der Waals surface area contributed by atoms with Crippen molar-refractivity contribution in [3.63, 3.8) is 0 Å². The molecule has 0 N–H and O–H groups in total. The molecule has 29 heavy (non-hydrogen) atoms. The van der Waals surface area contributed by atoms with Crippen molar-refractivity contribution in [1.82, 2.24) is 14.8 Å². The SMILES string of the molecule is CCCN1C(=O)CCN(C(=O)CCCc2nc3ccccc3s2)CC12CCOC2. The smallest absolute Gasteiger partial charge is 0.224 e. The first-order valence-electron chi connectivity index (χ1n) is 10.6. The maximum absolute atomic E-state index is 13.0. The Morgan fingerprint density at radius 3 is 2.97 bits per heavy atom. The standard InChI is InChI=1S/C22H29N3O3S/c1-2-12-25-21(27)10-13-24(15-22(25)11-14-28-16-22)20(26)9-5-8-19-23-17-6-3-4-7-18(17)29-19/h3-4,6-7H,2,5,8-16H2,1H3. The molecule has 1 aromatic heterocycles. The third-order valence-electron chi connectivity index (χ3n) is 5.96. The lowest BCUT2D eigenvalue weighted by atomic mass is 9.95. The molecule has 1 unspecified atom stereocenters. The molecular weight excluding hydrogens is 386 g/mol. The summed E-state index contributed by atoms with van der Waals surface area (Å²) in [5, 5.41) is 1.08. The highest BCUT2D eigenvalue weighted by atomic mass is 32.1. The molecule has 2 fully saturated rings. The van der Waals surface area contributed by atoms with E-state index in [-0.39, 0.29) is 17.4 Å². The molecule has 0 radical (unpaired) electrons. The number of fused-ring (bicyclic) bond motifs is 1. The number of carbonyl (C=O) groups is 2. The molecule has 1 spiro atoms. The number of ether oxygens (including phenoxy) is 1. The molecule has 2 aliphatic heterocycles. The molecule has 0 bridgehead atoms. The molecule has 2 aliphatic rings. The van der Waals surface area contributed by atoms with Crippen LogP contribution in [-0.2, 0) is 20.7 Å². The van der Waals surface area contributed by atoms with E-state index in [1.54, 1.807) is 11.3 Å². The monoisotopic (exact) mass is 415 g/mol. The van der Waals surface area contributed by atoms with E-state index in [0.29, 0.717) is 39.1 Å². The third kappa shape index (κ3) is 4.31. The minimum atomic E-state index is -0.341. The van der Waals surface area contributed by atoms with Gasteiger partial charge in [-0.15, -0.1) is 11.3 Å². The zero-order valence-corrected chi connectivity index (χ0v) is 17.9. The van der Waals surface area contributed by atoms with Gasteiger partial charge in [-0.1, -0.05) is 19.1 Å². The van der Waals surface area contributed by atoms with Crippen LogP contribution in [0.25, 0.3) is 10.2 Å². The maximum Gasteiger partial charge on any atom is 0.224 e. The van der Waals surface area contributed by atoms with Gasteiger partial charge in [0, 0.05) is 39.1 Å². The number of carbonyl (C=O) groups excluding carboxylic acids is 2. The number of nitrogens with zero attached hydrogens (tertiary/aromatic N) is 3. The van der Waals surface area contributed by atoms with Gasteiger partial charge in [-0.25, -0.2) is 4.98 Å². The van der Waals surface area contributed by atoms with Crippen molar-refractivity contribution < 1.29 is 14.3 Å². The van der Waals surface area contributed by atoms with E-state index in [4.69, 9.17) is 4.74 Å². The van der Waals surface area contributed by atoms with Crippen LogP contribution in [0.3, 0.4) is 0 Å². The first-order valence-corrected chi connectivity index (χ1v) is 11.4. The average molecular weight is 416 g/mol. The Bertz CT molecular complexity index is 842. The Labute approximate surface area is 175 Å². The fraction of sp³-hybridized carbons (Fsp3) is 0.591. The highest BCUT2D eigenvalue weighted by molar-refractivity contribution is 7.18. The van der Waals surface area contributed by atoms with Crippen LogP contribution in [0.2, 0.25) is 0 Å². The number of thiazole rings is 1. The lowest BCUT2D eigenvalue weighted by Crippen LogP contribution is -2.57. The largest absolute Gasteiger partial charge is 0.379 e. The van der Waals surface area contributed by atoms with E-state index in [1.807, 2.05) is 28.0 Å². The molecule has 4 rings (SSSR count). The van der Waals surface area contributed by atoms with Crippen molar-refractivity contribution in [1.29, 1.82) is 0 Å². The minimum absolute atomic E-state index is 0.142. The van der Waals surface area contributed by atoms with Gasteiger partial charge in [0.25, 0.3) is 0 Å². The number of amides is 2. The summed E-state index contributed by atoms with van der Waals surface area (Å²) in [4.78, 5) is 34.3. The van der Waals surface area contributed by atoms with Crippen LogP contribution in [0.1, 0.15) is 44.0 Å². The molecule has 2 aromatic rings. The van der Waals surface area contributed by atoms with E-state index in [9.17, 15) is 9.59 Å². The molecule has 2 amide bonds. The second kappa shape index (κ2) is 8.79. The summed E-state index contributed by atoms with van der Waals surface area (Å²) in [7, 11) is 0. The molecule has 1 atom stereocenters. The molecule has 156 valence electrons. The van der Waals surface area contributed by atoms with Crippen molar-refractivity contribution in [2.75, 3.05) is 32.8 Å². The Balaban J connectivity index is 1.38. The Morgan fingerprint density at radius 1 is 1.34 bits per heavy atom. The van der Waals surface area contributed by atoms with Crippen molar-refractivity contribution >= 4 is 33.4 Å². The van der Waals surface area contributed by atoms with E-state index in [1.165, 1.54) is 4.70 Å². The van der Waals surface area contributed by atoms with Gasteiger partial charge < -0.3 is 14.5 Å². The van der Waals surface area contributed by atoms with E-state index < -0.39 is 0 Å². The van der Waals surface area contributed by atoms with Crippen LogP contribution in [0.5, 0.6) is 0 Å². The molecular formula is C22H29N3O3S. The Kier molecular flexibility index (Phi) is 6.15. The van der Waals surface area contributed by atoms with Gasteiger partial charge >= 0.3 is 0 Å². The van der Waals surface area contributed by atoms with Crippen molar-refractivity contribution in [2.45, 2.75) is 51.0 Å². The van der Waals surface area contributed by atoms with Gasteiger partial charge in [-0.3, -0.25) is 9.59 Å². The Morgan fingerprint density at radius 2 is 2.21 bits per heavy atom. The summed E-state index contributed by atoms with van der Waals surface area (Å²) in [5.74, 6) is 0.297. The van der Waals surface area contributed by atoms with Crippen LogP contribution < -0.4 is 0 Å². The van der Waals surface area contributed by atoms with Gasteiger partial charge in [0.15, 0.2) is 0 Å². The third-order valence-corrected chi connectivity index (χ3v) is 7.05. The zero-order chi connectivity index (χ0) is 20.3. The molecule has 0 saturated carbocycles. The Hall–Kier alpha value is -1.99. The molecule has 1 aromatic carbocycles. The van der Waals surface area contributed by atoms with Crippen LogP contribution in [0, 0.1) is 0 Å². The predicted molar refractivity (Wildman–Crippen MR) is 114 cm³/mol. The summed E-state index contributed by atoms with van der Waals surface area (Å²) in [6.07, 6.45) is 4.23. The van der Waals surface area contributed by atoms with Gasteiger partial charge in [-0.05, 0) is 37.8 Å². The number of hydrogen-bond acceptors (Lipinski definition) is 5. The lowest BCUT2D eigenvalue weighted by Gasteiger charge is -2.40. The summed E-state index contributed by atoms with van der Waals surface area (Å²) >= 11 is 1.71. The van der Waals surface area contributed by atoms with Gasteiger partial charge in [0.05, 0.1) is 27.4 Å². The second-order valence-corrected chi connectivity index (χ2v) is 9.18. The summed E-state index contributed by atoms with van der Waals surface area (Å²) in [6.45, 7) is 5.13. The van der Waals surface area contributed by atoms with E-state index >= 15 is 0 Å². The zero-order valence-electron chi connectivity index (χ0n) is 17.1.